The summed E-state index contributed by atoms with van der Waals surface area (Å²) in [5, 5.41) is 2.80. The zero-order valence-corrected chi connectivity index (χ0v) is 16.2. The number of rotatable bonds is 8. The highest BCUT2D eigenvalue weighted by Crippen LogP contribution is 2.23. The smallest absolute Gasteiger partial charge is 0.307 e. The molecule has 29 heavy (non-hydrogen) atoms. The normalized spacial score (nSPS) is 11.3. The Labute approximate surface area is 170 Å². The number of nitrogens with one attached hydrogen (secondary N) is 1. The van der Waals surface area contributed by atoms with E-state index in [4.69, 9.17) is 9.47 Å². The number of esters is 1. The van der Waals surface area contributed by atoms with Gasteiger partial charge in [-0.1, -0.05) is 66.7 Å². The second kappa shape index (κ2) is 10.1. The van der Waals surface area contributed by atoms with E-state index in [2.05, 4.69) is 5.32 Å². The van der Waals surface area contributed by atoms with E-state index in [0.29, 0.717) is 23.4 Å². The minimum Gasteiger partial charge on any atom is -0.497 e. The van der Waals surface area contributed by atoms with Crippen LogP contribution in [0.4, 0.5) is 5.69 Å². The first-order valence-electron chi connectivity index (χ1n) is 9.39. The van der Waals surface area contributed by atoms with Crippen molar-refractivity contribution in [3.8, 4) is 5.75 Å². The maximum atomic E-state index is 12.9. The average Bonchev–Trinajstić information content (AvgIpc) is 2.77. The van der Waals surface area contributed by atoms with Gasteiger partial charge in [-0.05, 0) is 24.1 Å². The molecule has 3 aromatic rings. The van der Waals surface area contributed by atoms with Crippen LogP contribution in [-0.2, 0) is 20.7 Å². The molecule has 0 saturated carbocycles. The third-order valence-corrected chi connectivity index (χ3v) is 4.39. The van der Waals surface area contributed by atoms with Gasteiger partial charge in [0.1, 0.15) is 5.75 Å². The molecule has 3 rings (SSSR count). The van der Waals surface area contributed by atoms with Crippen LogP contribution < -0.4 is 10.1 Å². The molecule has 5 nitrogen and oxygen atoms in total. The maximum absolute atomic E-state index is 12.9. The number of ether oxygens (including phenoxy) is 2. The lowest BCUT2D eigenvalue weighted by atomic mass is 10.1. The molecule has 1 N–H and O–H groups in total. The molecule has 0 heterocycles. The summed E-state index contributed by atoms with van der Waals surface area (Å²) < 4.78 is 10.8. The van der Waals surface area contributed by atoms with Gasteiger partial charge in [-0.2, -0.15) is 0 Å². The van der Waals surface area contributed by atoms with Crippen molar-refractivity contribution in [3.63, 3.8) is 0 Å². The van der Waals surface area contributed by atoms with Crippen molar-refractivity contribution < 1.29 is 19.1 Å². The van der Waals surface area contributed by atoms with Gasteiger partial charge in [-0.3, -0.25) is 9.59 Å². The van der Waals surface area contributed by atoms with Gasteiger partial charge in [0, 0.05) is 23.7 Å². The predicted molar refractivity (Wildman–Crippen MR) is 112 cm³/mol. The summed E-state index contributed by atoms with van der Waals surface area (Å²) in [6.07, 6.45) is -0.288. The Morgan fingerprint density at radius 3 is 2.28 bits per heavy atom. The number of amides is 1. The van der Waals surface area contributed by atoms with E-state index in [1.54, 1.807) is 55.6 Å². The third kappa shape index (κ3) is 5.94. The number of hydrogen-bond acceptors (Lipinski definition) is 4. The van der Waals surface area contributed by atoms with Crippen molar-refractivity contribution in [2.24, 2.45) is 0 Å². The van der Waals surface area contributed by atoms with E-state index in [0.717, 1.165) is 5.56 Å². The molecule has 0 aliphatic rings. The lowest BCUT2D eigenvalue weighted by molar-refractivity contribution is -0.154. The van der Waals surface area contributed by atoms with Crippen molar-refractivity contribution in [2.45, 2.75) is 18.9 Å². The number of methoxy groups -OCH3 is 1. The van der Waals surface area contributed by atoms with Crippen molar-refractivity contribution in [3.05, 3.63) is 96.1 Å². The molecule has 148 valence electrons. The molecular formula is C24H23NO4. The molecule has 0 aromatic heterocycles. The Morgan fingerprint density at radius 2 is 1.59 bits per heavy atom. The molecule has 5 heteroatoms. The fourth-order valence-electron chi connectivity index (χ4n) is 2.89. The Morgan fingerprint density at radius 1 is 0.897 bits per heavy atom. The molecule has 0 spiro atoms. The first kappa shape index (κ1) is 20.1. The summed E-state index contributed by atoms with van der Waals surface area (Å²) in [5.74, 6) is -0.222. The SMILES string of the molecule is COc1cccc(NC(=O)[C@H](OC(=O)CCc2ccccc2)c2ccccc2)c1. The first-order valence-corrected chi connectivity index (χ1v) is 9.39. The molecule has 1 amide bonds. The van der Waals surface area contributed by atoms with Crippen LogP contribution in [0.15, 0.2) is 84.9 Å². The zero-order valence-electron chi connectivity index (χ0n) is 16.2. The lowest BCUT2D eigenvalue weighted by Crippen LogP contribution is -2.26. The zero-order chi connectivity index (χ0) is 20.5. The monoisotopic (exact) mass is 389 g/mol. The van der Waals surface area contributed by atoms with Gasteiger partial charge in [0.15, 0.2) is 0 Å². The molecule has 1 atom stereocenters. The van der Waals surface area contributed by atoms with Crippen molar-refractivity contribution in [1.29, 1.82) is 0 Å². The Bertz CT molecular complexity index is 941. The van der Waals surface area contributed by atoms with Gasteiger partial charge in [0.2, 0.25) is 6.10 Å². The highest BCUT2D eigenvalue weighted by molar-refractivity contribution is 5.96. The average molecular weight is 389 g/mol. The van der Waals surface area contributed by atoms with Gasteiger partial charge < -0.3 is 14.8 Å². The predicted octanol–water partition coefficient (Wildman–Crippen LogP) is 4.55. The quantitative estimate of drug-likeness (QED) is 0.574. The summed E-state index contributed by atoms with van der Waals surface area (Å²) in [5.41, 5.74) is 2.22. The van der Waals surface area contributed by atoms with Crippen LogP contribution in [0.5, 0.6) is 5.75 Å². The van der Waals surface area contributed by atoms with Crippen LogP contribution in [0, 0.1) is 0 Å². The number of carbonyl (C=O) groups is 2. The summed E-state index contributed by atoms with van der Waals surface area (Å²) >= 11 is 0. The van der Waals surface area contributed by atoms with Crippen molar-refractivity contribution in [1.82, 2.24) is 0 Å². The van der Waals surface area contributed by atoms with E-state index in [1.807, 2.05) is 36.4 Å². The van der Waals surface area contributed by atoms with Crippen molar-refractivity contribution >= 4 is 17.6 Å². The second-order valence-electron chi connectivity index (χ2n) is 6.49. The van der Waals surface area contributed by atoms with E-state index in [9.17, 15) is 9.59 Å². The van der Waals surface area contributed by atoms with Crippen LogP contribution in [-0.4, -0.2) is 19.0 Å². The fourth-order valence-corrected chi connectivity index (χ4v) is 2.89. The van der Waals surface area contributed by atoms with Crippen LogP contribution in [0.25, 0.3) is 0 Å². The molecular weight excluding hydrogens is 366 g/mol. The third-order valence-electron chi connectivity index (χ3n) is 4.39. The summed E-state index contributed by atoms with van der Waals surface area (Å²) in [7, 11) is 1.56. The van der Waals surface area contributed by atoms with Crippen molar-refractivity contribution in [2.75, 3.05) is 12.4 Å². The summed E-state index contributed by atoms with van der Waals surface area (Å²) in [6, 6.07) is 25.7. The number of benzene rings is 3. The molecule has 0 bridgehead atoms. The molecule has 0 aliphatic heterocycles. The van der Waals surface area contributed by atoms with Crippen LogP contribution in [0.3, 0.4) is 0 Å². The minimum absolute atomic E-state index is 0.194. The molecule has 0 saturated heterocycles. The fraction of sp³-hybridized carbons (Fsp3) is 0.167. The first-order chi connectivity index (χ1) is 14.2. The number of carbonyl (C=O) groups excluding carboxylic acids is 2. The Hall–Kier alpha value is -3.60. The van der Waals surface area contributed by atoms with Crippen LogP contribution in [0.1, 0.15) is 23.7 Å². The van der Waals surface area contributed by atoms with Crippen LogP contribution >= 0.6 is 0 Å². The van der Waals surface area contributed by atoms with E-state index >= 15 is 0 Å². The van der Waals surface area contributed by atoms with Gasteiger partial charge in [0.05, 0.1) is 7.11 Å². The number of hydrogen-bond donors (Lipinski definition) is 1. The number of aryl methyl sites for hydroxylation is 1. The van der Waals surface area contributed by atoms with E-state index < -0.39 is 18.0 Å². The van der Waals surface area contributed by atoms with E-state index in [-0.39, 0.29) is 6.42 Å². The molecule has 3 aromatic carbocycles. The maximum Gasteiger partial charge on any atom is 0.307 e. The van der Waals surface area contributed by atoms with Gasteiger partial charge in [0.25, 0.3) is 5.91 Å². The summed E-state index contributed by atoms with van der Waals surface area (Å²) in [6.45, 7) is 0. The molecule has 0 unspecified atom stereocenters. The molecule has 0 radical (unpaired) electrons. The van der Waals surface area contributed by atoms with Gasteiger partial charge in [-0.25, -0.2) is 0 Å². The lowest BCUT2D eigenvalue weighted by Gasteiger charge is -2.18. The highest BCUT2D eigenvalue weighted by Gasteiger charge is 2.25. The molecule has 0 fully saturated rings. The Kier molecular flexibility index (Phi) is 7.00. The minimum atomic E-state index is -1.04. The molecule has 0 aliphatic carbocycles. The highest BCUT2D eigenvalue weighted by atomic mass is 16.5. The van der Waals surface area contributed by atoms with E-state index in [1.165, 1.54) is 0 Å². The second-order valence-corrected chi connectivity index (χ2v) is 6.49. The van der Waals surface area contributed by atoms with Crippen LogP contribution in [0.2, 0.25) is 0 Å². The van der Waals surface area contributed by atoms with Gasteiger partial charge in [-0.15, -0.1) is 0 Å². The Balaban J connectivity index is 1.70. The number of anilines is 1. The summed E-state index contributed by atoms with van der Waals surface area (Å²) in [4.78, 5) is 25.3. The van der Waals surface area contributed by atoms with Gasteiger partial charge >= 0.3 is 5.97 Å². The standard InChI is InChI=1S/C24H23NO4/c1-28-21-14-8-13-20(17-21)25-24(27)23(19-11-6-3-7-12-19)29-22(26)16-15-18-9-4-2-5-10-18/h2-14,17,23H,15-16H2,1H3,(H,25,27)/t23-/m1/s1. The largest absolute Gasteiger partial charge is 0.497 e. The topological polar surface area (TPSA) is 64.6 Å².